The zero-order valence-electron chi connectivity index (χ0n) is 17.0. The molecule has 1 fully saturated rings. The van der Waals surface area contributed by atoms with Gasteiger partial charge in [0.25, 0.3) is 5.91 Å². The summed E-state index contributed by atoms with van der Waals surface area (Å²) in [7, 11) is 0. The third-order valence-corrected chi connectivity index (χ3v) is 6.23. The molecule has 1 aliphatic carbocycles. The van der Waals surface area contributed by atoms with E-state index < -0.39 is 5.60 Å². The lowest BCUT2D eigenvalue weighted by molar-refractivity contribution is -0.110. The van der Waals surface area contributed by atoms with Crippen molar-refractivity contribution >= 4 is 34.5 Å². The van der Waals surface area contributed by atoms with Crippen molar-refractivity contribution in [1.29, 1.82) is 0 Å². The lowest BCUT2D eigenvalue weighted by Gasteiger charge is -2.29. The number of nitrogens with zero attached hydrogens (tertiary/aromatic N) is 1. The molecule has 0 bridgehead atoms. The van der Waals surface area contributed by atoms with E-state index in [9.17, 15) is 9.90 Å². The van der Waals surface area contributed by atoms with Gasteiger partial charge in [0, 0.05) is 41.9 Å². The van der Waals surface area contributed by atoms with Gasteiger partial charge in [-0.3, -0.25) is 4.79 Å². The fourth-order valence-corrected chi connectivity index (χ4v) is 4.50. The molecule has 3 aliphatic rings. The molecular formula is C25H23ClN2O3. The third-order valence-electron chi connectivity index (χ3n) is 5.92. The Balaban J connectivity index is 1.49. The number of halogens is 1. The summed E-state index contributed by atoms with van der Waals surface area (Å²) in [6.07, 6.45) is 9.32. The number of ether oxygens (including phenoxy) is 1. The van der Waals surface area contributed by atoms with Gasteiger partial charge >= 0.3 is 0 Å². The lowest BCUT2D eigenvalue weighted by atomic mass is 9.90. The molecule has 1 saturated heterocycles. The molecule has 1 amide bonds. The minimum atomic E-state index is -1.18. The Morgan fingerprint density at radius 2 is 1.87 bits per heavy atom. The SMILES string of the molecule is O=C1Nc2cc(Cl)c(-c3ccc(N4CCOCC4)cc3)cc2C1=CC1(O)C=CC=CC1. The predicted octanol–water partition coefficient (Wildman–Crippen LogP) is 4.43. The van der Waals surface area contributed by atoms with Gasteiger partial charge in [0.15, 0.2) is 0 Å². The first kappa shape index (κ1) is 20.1. The predicted molar refractivity (Wildman–Crippen MR) is 124 cm³/mol. The molecule has 2 heterocycles. The van der Waals surface area contributed by atoms with E-state index >= 15 is 0 Å². The maximum atomic E-state index is 12.6. The summed E-state index contributed by atoms with van der Waals surface area (Å²) in [6.45, 7) is 3.25. The van der Waals surface area contributed by atoms with E-state index in [1.54, 1.807) is 24.3 Å². The number of rotatable bonds is 3. The highest BCUT2D eigenvalue weighted by molar-refractivity contribution is 6.36. The molecule has 0 aromatic heterocycles. The van der Waals surface area contributed by atoms with Crippen molar-refractivity contribution in [3.05, 3.63) is 77.4 Å². The fraction of sp³-hybridized carbons (Fsp3) is 0.240. The Morgan fingerprint density at radius 3 is 2.58 bits per heavy atom. The zero-order chi connectivity index (χ0) is 21.4. The Bertz CT molecular complexity index is 1110. The van der Waals surface area contributed by atoms with Crippen LogP contribution in [-0.2, 0) is 9.53 Å². The van der Waals surface area contributed by atoms with Crippen LogP contribution in [0.2, 0.25) is 5.02 Å². The first-order valence-corrected chi connectivity index (χ1v) is 10.8. The van der Waals surface area contributed by atoms with Gasteiger partial charge < -0.3 is 20.1 Å². The Hall–Kier alpha value is -2.86. The average Bonchev–Trinajstić information content (AvgIpc) is 3.08. The number of benzene rings is 2. The van der Waals surface area contributed by atoms with Gasteiger partial charge in [-0.05, 0) is 42.0 Å². The Morgan fingerprint density at radius 1 is 1.10 bits per heavy atom. The second-order valence-corrected chi connectivity index (χ2v) is 8.43. The van der Waals surface area contributed by atoms with Gasteiger partial charge in [-0.25, -0.2) is 0 Å². The van der Waals surface area contributed by atoms with E-state index in [0.29, 0.717) is 22.7 Å². The van der Waals surface area contributed by atoms with Crippen LogP contribution < -0.4 is 10.2 Å². The van der Waals surface area contributed by atoms with Crippen molar-refractivity contribution in [3.8, 4) is 11.1 Å². The van der Waals surface area contributed by atoms with Crippen LogP contribution in [-0.4, -0.2) is 42.9 Å². The highest BCUT2D eigenvalue weighted by Crippen LogP contribution is 2.41. The summed E-state index contributed by atoms with van der Waals surface area (Å²) < 4.78 is 5.43. The monoisotopic (exact) mass is 434 g/mol. The average molecular weight is 435 g/mol. The summed E-state index contributed by atoms with van der Waals surface area (Å²) in [4.78, 5) is 14.9. The van der Waals surface area contributed by atoms with Gasteiger partial charge in [0.1, 0.15) is 5.60 Å². The quantitative estimate of drug-likeness (QED) is 0.702. The van der Waals surface area contributed by atoms with Crippen LogP contribution in [0.5, 0.6) is 0 Å². The minimum absolute atomic E-state index is 0.234. The molecule has 0 spiro atoms. The molecule has 1 atom stereocenters. The van der Waals surface area contributed by atoms with Crippen LogP contribution in [0.1, 0.15) is 12.0 Å². The van der Waals surface area contributed by atoms with E-state index in [1.807, 2.05) is 30.4 Å². The van der Waals surface area contributed by atoms with Gasteiger partial charge in [0.05, 0.1) is 23.9 Å². The number of carbonyl (C=O) groups excluding carboxylic acids is 1. The minimum Gasteiger partial charge on any atom is -0.381 e. The number of amides is 1. The largest absolute Gasteiger partial charge is 0.381 e. The van der Waals surface area contributed by atoms with Gasteiger partial charge in [-0.2, -0.15) is 0 Å². The number of nitrogens with one attached hydrogen (secondary N) is 1. The number of aliphatic hydroxyl groups is 1. The third kappa shape index (κ3) is 3.92. The van der Waals surface area contributed by atoms with Gasteiger partial charge in [-0.1, -0.05) is 42.0 Å². The summed E-state index contributed by atoms with van der Waals surface area (Å²) in [5, 5.41) is 14.3. The van der Waals surface area contributed by atoms with Crippen LogP contribution >= 0.6 is 11.6 Å². The number of anilines is 2. The number of hydrogen-bond donors (Lipinski definition) is 2. The molecule has 2 aromatic carbocycles. The van der Waals surface area contributed by atoms with Crippen molar-refractivity contribution in [1.82, 2.24) is 0 Å². The summed E-state index contributed by atoms with van der Waals surface area (Å²) in [5.74, 6) is -0.234. The zero-order valence-corrected chi connectivity index (χ0v) is 17.7. The number of fused-ring (bicyclic) bond motifs is 1. The van der Waals surface area contributed by atoms with Crippen molar-refractivity contribution in [3.63, 3.8) is 0 Å². The first-order chi connectivity index (χ1) is 15.0. The normalized spacial score (nSPS) is 23.9. The van der Waals surface area contributed by atoms with Crippen molar-refractivity contribution in [2.75, 3.05) is 36.5 Å². The topological polar surface area (TPSA) is 61.8 Å². The standard InChI is InChI=1S/C25H23ClN2O3/c26-22-15-23-20(21(24(29)27-23)16-25(30)8-2-1-3-9-25)14-19(22)17-4-6-18(7-5-17)28-10-12-31-13-11-28/h1-8,14-16,30H,9-13H2,(H,27,29). The van der Waals surface area contributed by atoms with Crippen LogP contribution in [0.4, 0.5) is 11.4 Å². The second kappa shape index (κ2) is 8.00. The van der Waals surface area contributed by atoms with E-state index in [1.165, 1.54) is 0 Å². The summed E-state index contributed by atoms with van der Waals surface area (Å²) in [6, 6.07) is 12.0. The van der Waals surface area contributed by atoms with Crippen LogP contribution in [0.15, 0.2) is 66.8 Å². The number of morpholine rings is 1. The second-order valence-electron chi connectivity index (χ2n) is 8.02. The molecule has 2 N–H and O–H groups in total. The molecule has 2 aliphatic heterocycles. The molecule has 31 heavy (non-hydrogen) atoms. The van der Waals surface area contributed by atoms with Gasteiger partial charge in [0.2, 0.25) is 0 Å². The van der Waals surface area contributed by atoms with Crippen LogP contribution in [0, 0.1) is 0 Å². The smallest absolute Gasteiger partial charge is 0.256 e. The molecule has 2 aromatic rings. The molecular weight excluding hydrogens is 412 g/mol. The molecule has 5 nitrogen and oxygen atoms in total. The first-order valence-electron chi connectivity index (χ1n) is 10.4. The highest BCUT2D eigenvalue weighted by atomic mass is 35.5. The van der Waals surface area contributed by atoms with Crippen molar-refractivity contribution in [2.45, 2.75) is 12.0 Å². The molecule has 1 unspecified atom stereocenters. The highest BCUT2D eigenvalue weighted by Gasteiger charge is 2.30. The van der Waals surface area contributed by atoms with E-state index in [4.69, 9.17) is 16.3 Å². The van der Waals surface area contributed by atoms with E-state index in [0.717, 1.165) is 48.7 Å². The van der Waals surface area contributed by atoms with Gasteiger partial charge in [-0.15, -0.1) is 0 Å². The van der Waals surface area contributed by atoms with E-state index in [2.05, 4.69) is 22.3 Å². The molecule has 5 rings (SSSR count). The van der Waals surface area contributed by atoms with Crippen LogP contribution in [0.25, 0.3) is 16.7 Å². The number of hydrogen-bond acceptors (Lipinski definition) is 4. The number of carbonyl (C=O) groups is 1. The van der Waals surface area contributed by atoms with E-state index in [-0.39, 0.29) is 5.91 Å². The molecule has 158 valence electrons. The molecule has 0 saturated carbocycles. The molecule has 6 heteroatoms. The summed E-state index contributed by atoms with van der Waals surface area (Å²) >= 11 is 6.58. The Kier molecular flexibility index (Phi) is 5.18. The Labute approximate surface area is 186 Å². The fourth-order valence-electron chi connectivity index (χ4n) is 4.23. The summed E-state index contributed by atoms with van der Waals surface area (Å²) in [5.41, 5.74) is 3.67. The van der Waals surface area contributed by atoms with Crippen molar-refractivity contribution < 1.29 is 14.6 Å². The maximum Gasteiger partial charge on any atom is 0.256 e. The molecule has 0 radical (unpaired) electrons. The lowest BCUT2D eigenvalue weighted by Crippen LogP contribution is -2.36. The van der Waals surface area contributed by atoms with Crippen LogP contribution in [0.3, 0.4) is 0 Å². The maximum absolute atomic E-state index is 12.6. The number of allylic oxidation sites excluding steroid dienone is 2. The van der Waals surface area contributed by atoms with Crippen molar-refractivity contribution in [2.24, 2.45) is 0 Å².